The monoisotopic (exact) mass is 611 g/mol. The number of methoxy groups -OCH3 is 1. The third-order valence-corrected chi connectivity index (χ3v) is 9.54. The van der Waals surface area contributed by atoms with Crippen LogP contribution in [0, 0.1) is 0 Å². The zero-order valence-corrected chi connectivity index (χ0v) is 24.6. The molecule has 9 nitrogen and oxygen atoms in total. The zero-order valence-electron chi connectivity index (χ0n) is 22.2. The lowest BCUT2D eigenvalue weighted by atomic mass is 9.95. The highest BCUT2D eigenvalue weighted by Crippen LogP contribution is 2.36. The number of sulfone groups is 1. The van der Waals surface area contributed by atoms with Gasteiger partial charge in [-0.3, -0.25) is 15.0 Å². The molecule has 2 heterocycles. The van der Waals surface area contributed by atoms with E-state index in [4.69, 9.17) is 9.47 Å². The van der Waals surface area contributed by atoms with Crippen LogP contribution in [0.3, 0.4) is 0 Å². The number of pyridine rings is 1. The van der Waals surface area contributed by atoms with Gasteiger partial charge in [-0.05, 0) is 59.9 Å². The number of hydrogen-bond donors (Lipinski definition) is 2. The normalized spacial score (nSPS) is 14.8. The predicted molar refractivity (Wildman–Crippen MR) is 157 cm³/mol. The summed E-state index contributed by atoms with van der Waals surface area (Å²) in [7, 11) is -2.48. The summed E-state index contributed by atoms with van der Waals surface area (Å²) >= 11 is 0. The van der Waals surface area contributed by atoms with Gasteiger partial charge in [-0.2, -0.15) is 0 Å². The highest BCUT2D eigenvalue weighted by molar-refractivity contribution is 7.93. The van der Waals surface area contributed by atoms with Crippen LogP contribution in [0.4, 0.5) is 0 Å². The Bertz CT molecular complexity index is 1320. The Morgan fingerprint density at radius 2 is 1.73 bits per heavy atom. The molecule has 40 heavy (non-hydrogen) atoms. The number of carbonyl (C=O) groups is 1. The third kappa shape index (κ3) is 7.51. The van der Waals surface area contributed by atoms with E-state index in [-0.39, 0.29) is 42.6 Å². The van der Waals surface area contributed by atoms with Crippen LogP contribution in [-0.2, 0) is 25.8 Å². The van der Waals surface area contributed by atoms with Crippen LogP contribution < -0.4 is 10.2 Å². The molecule has 1 amide bonds. The number of likely N-dealkylation sites (tertiary alicyclic amines) is 1. The van der Waals surface area contributed by atoms with Crippen LogP contribution in [0.25, 0.3) is 11.1 Å². The Hall–Kier alpha value is -2.73. The van der Waals surface area contributed by atoms with Crippen molar-refractivity contribution in [3.63, 3.8) is 0 Å². The molecule has 0 unspecified atom stereocenters. The summed E-state index contributed by atoms with van der Waals surface area (Å²) in [5.74, 6) is -0.375. The van der Waals surface area contributed by atoms with E-state index in [1.165, 1.54) is 12.1 Å². The zero-order chi connectivity index (χ0) is 27.0. The van der Waals surface area contributed by atoms with Crippen molar-refractivity contribution in [1.82, 2.24) is 15.4 Å². The summed E-state index contributed by atoms with van der Waals surface area (Å²) in [6.07, 6.45) is 4.38. The Morgan fingerprint density at radius 1 is 1.02 bits per heavy atom. The van der Waals surface area contributed by atoms with E-state index >= 15 is 0 Å². The average Bonchev–Trinajstić information content (AvgIpc) is 2.96. The summed E-state index contributed by atoms with van der Waals surface area (Å²) < 4.78 is 36.5. The maximum atomic E-state index is 13.6. The van der Waals surface area contributed by atoms with Gasteiger partial charge in [0.05, 0.1) is 18.1 Å². The Kier molecular flexibility index (Phi) is 12.8. The molecule has 1 saturated heterocycles. The van der Waals surface area contributed by atoms with Gasteiger partial charge in [-0.15, -0.1) is 24.8 Å². The van der Waals surface area contributed by atoms with Gasteiger partial charge in [-0.1, -0.05) is 30.3 Å². The van der Waals surface area contributed by atoms with Crippen LogP contribution in [-0.4, -0.2) is 74.1 Å². The lowest BCUT2D eigenvalue weighted by Crippen LogP contribution is -2.57. The fraction of sp³-hybridized carbons (Fsp3) is 0.357. The van der Waals surface area contributed by atoms with E-state index in [1.807, 2.05) is 41.4 Å². The molecule has 0 saturated carbocycles. The minimum Gasteiger partial charge on any atom is -0.493 e. The fourth-order valence-corrected chi connectivity index (χ4v) is 6.70. The minimum absolute atomic E-state index is 0. The second-order valence-corrected chi connectivity index (χ2v) is 11.5. The molecule has 12 heteroatoms. The van der Waals surface area contributed by atoms with Crippen LogP contribution in [0.15, 0.2) is 78.0 Å². The molecule has 3 aromatic rings. The number of piperidine rings is 1. The number of halogens is 2. The number of hydroxylamine groups is 1. The SMILES string of the molecule is COCCN1CCC(C(=O)NO)(S(=O)(=O)c2ccc(OCCc3cccc(-c4cccnc4)c3)cc2)CC1.Cl.Cl. The molecule has 0 atom stereocenters. The molecule has 218 valence electrons. The van der Waals surface area contributed by atoms with E-state index in [0.29, 0.717) is 45.0 Å². The predicted octanol–water partition coefficient (Wildman–Crippen LogP) is 3.97. The quantitative estimate of drug-likeness (QED) is 0.247. The molecule has 0 radical (unpaired) electrons. The maximum Gasteiger partial charge on any atom is 0.265 e. The summed E-state index contributed by atoms with van der Waals surface area (Å²) in [4.78, 5) is 18.9. The first kappa shape index (κ1) is 33.5. The standard InChI is InChI=1S/C28H33N3O6S.2ClH/c1-36-19-17-31-15-12-28(13-16-31,27(32)30-33)38(34,35)26-9-7-25(8-10-26)37-18-11-22-4-2-5-23(20-22)24-6-3-14-29-21-24;;/h2-10,14,20-21,33H,11-13,15-19H2,1H3,(H,30,32);2*1H. The number of nitrogens with zero attached hydrogens (tertiary/aromatic N) is 2. The molecule has 0 aliphatic carbocycles. The van der Waals surface area contributed by atoms with Crippen molar-refractivity contribution in [3.8, 4) is 16.9 Å². The van der Waals surface area contributed by atoms with Crippen molar-refractivity contribution in [1.29, 1.82) is 0 Å². The number of carbonyl (C=O) groups excluding carboxylic acids is 1. The smallest absolute Gasteiger partial charge is 0.265 e. The van der Waals surface area contributed by atoms with Gasteiger partial charge >= 0.3 is 0 Å². The first-order valence-electron chi connectivity index (χ1n) is 12.5. The number of amides is 1. The maximum absolute atomic E-state index is 13.6. The molecule has 4 rings (SSSR count). The van der Waals surface area contributed by atoms with Gasteiger partial charge in [0.2, 0.25) is 0 Å². The van der Waals surface area contributed by atoms with Crippen molar-refractivity contribution in [2.75, 3.05) is 40.0 Å². The van der Waals surface area contributed by atoms with Gasteiger partial charge < -0.3 is 14.4 Å². The van der Waals surface area contributed by atoms with Gasteiger partial charge in [0, 0.05) is 45.6 Å². The van der Waals surface area contributed by atoms with Crippen molar-refractivity contribution >= 4 is 40.6 Å². The van der Waals surface area contributed by atoms with E-state index < -0.39 is 20.5 Å². The Morgan fingerprint density at radius 3 is 2.35 bits per heavy atom. The molecule has 0 spiro atoms. The van der Waals surface area contributed by atoms with Crippen LogP contribution in [0.1, 0.15) is 18.4 Å². The average molecular weight is 613 g/mol. The van der Waals surface area contributed by atoms with Gasteiger partial charge in [-0.25, -0.2) is 13.9 Å². The highest BCUT2D eigenvalue weighted by Gasteiger charge is 2.52. The molecule has 1 aliphatic heterocycles. The molecule has 2 aromatic carbocycles. The van der Waals surface area contributed by atoms with Gasteiger partial charge in [0.15, 0.2) is 14.6 Å². The van der Waals surface area contributed by atoms with Gasteiger partial charge in [0.25, 0.3) is 5.91 Å². The topological polar surface area (TPSA) is 118 Å². The summed E-state index contributed by atoms with van der Waals surface area (Å²) in [5.41, 5.74) is 4.82. The highest BCUT2D eigenvalue weighted by atomic mass is 35.5. The Labute approximate surface area is 247 Å². The number of benzene rings is 2. The number of nitrogens with one attached hydrogen (secondary N) is 1. The van der Waals surface area contributed by atoms with E-state index in [9.17, 15) is 18.4 Å². The summed E-state index contributed by atoms with van der Waals surface area (Å²) in [6.45, 7) is 2.38. The van der Waals surface area contributed by atoms with Crippen LogP contribution in [0.2, 0.25) is 0 Å². The number of rotatable bonds is 11. The molecular formula is C28H35Cl2N3O6S. The first-order valence-corrected chi connectivity index (χ1v) is 14.0. The number of aromatic nitrogens is 1. The largest absolute Gasteiger partial charge is 0.493 e. The number of hydrogen-bond acceptors (Lipinski definition) is 8. The van der Waals surface area contributed by atoms with Crippen molar-refractivity contribution in [2.45, 2.75) is 28.9 Å². The molecule has 2 N–H and O–H groups in total. The lowest BCUT2D eigenvalue weighted by Gasteiger charge is -2.39. The summed E-state index contributed by atoms with van der Waals surface area (Å²) in [5, 5.41) is 9.37. The van der Waals surface area contributed by atoms with Crippen molar-refractivity contribution < 1.29 is 27.9 Å². The Balaban J connectivity index is 0.00000280. The van der Waals surface area contributed by atoms with Crippen molar-refractivity contribution in [2.24, 2.45) is 0 Å². The molecule has 1 aromatic heterocycles. The third-order valence-electron chi connectivity index (χ3n) is 7.02. The van der Waals surface area contributed by atoms with E-state index in [1.54, 1.807) is 30.9 Å². The second-order valence-electron chi connectivity index (χ2n) is 9.29. The fourth-order valence-electron chi connectivity index (χ4n) is 4.75. The van der Waals surface area contributed by atoms with Crippen LogP contribution >= 0.6 is 24.8 Å². The number of ether oxygens (including phenoxy) is 2. The molecule has 1 aliphatic rings. The van der Waals surface area contributed by atoms with E-state index in [2.05, 4.69) is 11.1 Å². The van der Waals surface area contributed by atoms with Gasteiger partial charge in [0.1, 0.15) is 5.75 Å². The van der Waals surface area contributed by atoms with E-state index in [0.717, 1.165) is 16.7 Å². The molecule has 1 fully saturated rings. The van der Waals surface area contributed by atoms with Crippen molar-refractivity contribution in [3.05, 3.63) is 78.6 Å². The minimum atomic E-state index is -4.08. The summed E-state index contributed by atoms with van der Waals surface area (Å²) in [6, 6.07) is 18.2. The molecule has 0 bridgehead atoms. The first-order chi connectivity index (χ1) is 18.4. The van der Waals surface area contributed by atoms with Crippen LogP contribution in [0.5, 0.6) is 5.75 Å². The lowest BCUT2D eigenvalue weighted by molar-refractivity contribution is -0.133. The molecular weight excluding hydrogens is 577 g/mol. The second kappa shape index (κ2) is 15.3.